The van der Waals surface area contributed by atoms with E-state index in [-0.39, 0.29) is 0 Å². The van der Waals surface area contributed by atoms with E-state index in [1.807, 2.05) is 37.3 Å². The molecule has 0 bridgehead atoms. The number of methoxy groups -OCH3 is 1. The Morgan fingerprint density at radius 1 is 1.25 bits per heavy atom. The summed E-state index contributed by atoms with van der Waals surface area (Å²) in [6.07, 6.45) is 4.06. The number of ether oxygens (including phenoxy) is 2. The SMILES string of the molecule is C/C=C/c1ccc(OCCN2CCNCC2)c(OC)c1. The molecule has 110 valence electrons. The van der Waals surface area contributed by atoms with E-state index in [1.54, 1.807) is 7.11 Å². The summed E-state index contributed by atoms with van der Waals surface area (Å²) in [6, 6.07) is 6.02. The Bertz CT molecular complexity index is 440. The lowest BCUT2D eigenvalue weighted by Crippen LogP contribution is -2.44. The van der Waals surface area contributed by atoms with Gasteiger partial charge in [0.15, 0.2) is 11.5 Å². The Labute approximate surface area is 121 Å². The maximum absolute atomic E-state index is 5.85. The van der Waals surface area contributed by atoms with Gasteiger partial charge in [0.2, 0.25) is 0 Å². The van der Waals surface area contributed by atoms with Gasteiger partial charge in [-0.25, -0.2) is 0 Å². The first-order valence-corrected chi connectivity index (χ1v) is 7.20. The summed E-state index contributed by atoms with van der Waals surface area (Å²) in [6.45, 7) is 8.00. The van der Waals surface area contributed by atoms with E-state index >= 15 is 0 Å². The van der Waals surface area contributed by atoms with Crippen LogP contribution >= 0.6 is 0 Å². The molecule has 0 radical (unpaired) electrons. The normalized spacial score (nSPS) is 16.5. The quantitative estimate of drug-likeness (QED) is 0.862. The van der Waals surface area contributed by atoms with Crippen molar-refractivity contribution >= 4 is 6.08 Å². The largest absolute Gasteiger partial charge is 0.493 e. The number of hydrogen-bond donors (Lipinski definition) is 1. The van der Waals surface area contributed by atoms with Crippen LogP contribution in [-0.2, 0) is 0 Å². The van der Waals surface area contributed by atoms with Crippen LogP contribution in [0.15, 0.2) is 24.3 Å². The number of piperazine rings is 1. The van der Waals surface area contributed by atoms with E-state index in [0.717, 1.165) is 49.8 Å². The summed E-state index contributed by atoms with van der Waals surface area (Å²) < 4.78 is 11.2. The zero-order valence-corrected chi connectivity index (χ0v) is 12.4. The molecular weight excluding hydrogens is 252 g/mol. The lowest BCUT2D eigenvalue weighted by molar-refractivity contribution is 0.188. The lowest BCUT2D eigenvalue weighted by atomic mass is 10.2. The van der Waals surface area contributed by atoms with Crippen LogP contribution in [0, 0.1) is 0 Å². The number of allylic oxidation sites excluding steroid dienone is 1. The van der Waals surface area contributed by atoms with Crippen LogP contribution in [0.25, 0.3) is 6.08 Å². The molecule has 1 aliphatic heterocycles. The van der Waals surface area contributed by atoms with E-state index in [1.165, 1.54) is 0 Å². The van der Waals surface area contributed by atoms with Crippen LogP contribution < -0.4 is 14.8 Å². The van der Waals surface area contributed by atoms with E-state index in [4.69, 9.17) is 9.47 Å². The van der Waals surface area contributed by atoms with Gasteiger partial charge in [0.25, 0.3) is 0 Å². The summed E-state index contributed by atoms with van der Waals surface area (Å²) in [5.74, 6) is 1.61. The lowest BCUT2D eigenvalue weighted by Gasteiger charge is -2.27. The van der Waals surface area contributed by atoms with Crippen LogP contribution in [0.2, 0.25) is 0 Å². The third kappa shape index (κ3) is 4.25. The Morgan fingerprint density at radius 2 is 2.05 bits per heavy atom. The van der Waals surface area contributed by atoms with Gasteiger partial charge >= 0.3 is 0 Å². The zero-order chi connectivity index (χ0) is 14.2. The first-order chi connectivity index (χ1) is 9.83. The monoisotopic (exact) mass is 276 g/mol. The minimum absolute atomic E-state index is 0.694. The molecule has 0 aromatic heterocycles. The first kappa shape index (κ1) is 14.9. The summed E-state index contributed by atoms with van der Waals surface area (Å²) in [7, 11) is 1.68. The molecule has 0 spiro atoms. The van der Waals surface area contributed by atoms with Crippen molar-refractivity contribution in [2.75, 3.05) is 46.4 Å². The highest BCUT2D eigenvalue weighted by Crippen LogP contribution is 2.28. The van der Waals surface area contributed by atoms with Crippen molar-refractivity contribution in [3.63, 3.8) is 0 Å². The van der Waals surface area contributed by atoms with Gasteiger partial charge in [-0.05, 0) is 24.6 Å². The number of hydrogen-bond acceptors (Lipinski definition) is 4. The molecular formula is C16H24N2O2. The summed E-state index contributed by atoms with van der Waals surface area (Å²) in [4.78, 5) is 2.41. The van der Waals surface area contributed by atoms with Gasteiger partial charge in [0.1, 0.15) is 6.61 Å². The second kappa shape index (κ2) is 7.92. The molecule has 2 rings (SSSR count). The van der Waals surface area contributed by atoms with Gasteiger partial charge in [0, 0.05) is 32.7 Å². The van der Waals surface area contributed by atoms with E-state index in [9.17, 15) is 0 Å². The van der Waals surface area contributed by atoms with Crippen molar-refractivity contribution in [1.82, 2.24) is 10.2 Å². The summed E-state index contributed by atoms with van der Waals surface area (Å²) in [5, 5.41) is 3.35. The Morgan fingerprint density at radius 3 is 2.75 bits per heavy atom. The predicted molar refractivity (Wildman–Crippen MR) is 82.5 cm³/mol. The maximum Gasteiger partial charge on any atom is 0.161 e. The van der Waals surface area contributed by atoms with Crippen LogP contribution in [0.5, 0.6) is 11.5 Å². The predicted octanol–water partition coefficient (Wildman–Crippen LogP) is 2.01. The number of rotatable bonds is 6. The van der Waals surface area contributed by atoms with Crippen molar-refractivity contribution in [3.05, 3.63) is 29.8 Å². The fourth-order valence-electron chi connectivity index (χ4n) is 2.32. The van der Waals surface area contributed by atoms with Gasteiger partial charge in [0.05, 0.1) is 7.11 Å². The van der Waals surface area contributed by atoms with E-state index in [0.29, 0.717) is 6.61 Å². The third-order valence-corrected chi connectivity index (χ3v) is 3.42. The molecule has 20 heavy (non-hydrogen) atoms. The van der Waals surface area contributed by atoms with Crippen molar-refractivity contribution in [2.45, 2.75) is 6.92 Å². The molecule has 1 saturated heterocycles. The molecule has 1 N–H and O–H groups in total. The molecule has 1 fully saturated rings. The average Bonchev–Trinajstić information content (AvgIpc) is 2.50. The topological polar surface area (TPSA) is 33.7 Å². The minimum Gasteiger partial charge on any atom is -0.493 e. The Hall–Kier alpha value is -1.52. The van der Waals surface area contributed by atoms with Crippen molar-refractivity contribution in [2.24, 2.45) is 0 Å². The molecule has 1 heterocycles. The number of benzene rings is 1. The van der Waals surface area contributed by atoms with Gasteiger partial charge in [-0.1, -0.05) is 18.2 Å². The summed E-state index contributed by atoms with van der Waals surface area (Å²) >= 11 is 0. The molecule has 4 nitrogen and oxygen atoms in total. The van der Waals surface area contributed by atoms with Gasteiger partial charge in [-0.2, -0.15) is 0 Å². The third-order valence-electron chi connectivity index (χ3n) is 3.42. The van der Waals surface area contributed by atoms with Crippen molar-refractivity contribution < 1.29 is 9.47 Å². The molecule has 0 unspecified atom stereocenters. The van der Waals surface area contributed by atoms with Gasteiger partial charge in [-0.15, -0.1) is 0 Å². The van der Waals surface area contributed by atoms with Crippen molar-refractivity contribution in [1.29, 1.82) is 0 Å². The zero-order valence-electron chi connectivity index (χ0n) is 12.4. The average molecular weight is 276 g/mol. The Balaban J connectivity index is 1.88. The van der Waals surface area contributed by atoms with E-state index < -0.39 is 0 Å². The minimum atomic E-state index is 0.694. The smallest absolute Gasteiger partial charge is 0.161 e. The molecule has 0 atom stereocenters. The maximum atomic E-state index is 5.85. The van der Waals surface area contributed by atoms with Crippen LogP contribution in [0.4, 0.5) is 0 Å². The second-order valence-corrected chi connectivity index (χ2v) is 4.85. The van der Waals surface area contributed by atoms with Crippen LogP contribution in [0.1, 0.15) is 12.5 Å². The molecule has 0 saturated carbocycles. The standard InChI is InChI=1S/C16H24N2O2/c1-3-4-14-5-6-15(16(13-14)19-2)20-12-11-18-9-7-17-8-10-18/h3-6,13,17H,7-12H2,1-2H3/b4-3+. The molecule has 1 aliphatic rings. The molecule has 1 aromatic rings. The first-order valence-electron chi connectivity index (χ1n) is 7.20. The highest BCUT2D eigenvalue weighted by molar-refractivity contribution is 5.55. The summed E-state index contributed by atoms with van der Waals surface area (Å²) in [5.41, 5.74) is 1.12. The molecule has 0 amide bonds. The fraction of sp³-hybridized carbons (Fsp3) is 0.500. The fourth-order valence-corrected chi connectivity index (χ4v) is 2.32. The van der Waals surface area contributed by atoms with E-state index in [2.05, 4.69) is 10.2 Å². The Kier molecular flexibility index (Phi) is 5.89. The molecule has 0 aliphatic carbocycles. The highest BCUT2D eigenvalue weighted by Gasteiger charge is 2.10. The number of nitrogens with zero attached hydrogens (tertiary/aromatic N) is 1. The highest BCUT2D eigenvalue weighted by atomic mass is 16.5. The molecule has 1 aromatic carbocycles. The van der Waals surface area contributed by atoms with Crippen LogP contribution in [0.3, 0.4) is 0 Å². The van der Waals surface area contributed by atoms with Gasteiger partial charge < -0.3 is 14.8 Å². The second-order valence-electron chi connectivity index (χ2n) is 4.85. The number of nitrogens with one attached hydrogen (secondary N) is 1. The van der Waals surface area contributed by atoms with Gasteiger partial charge in [-0.3, -0.25) is 4.90 Å². The van der Waals surface area contributed by atoms with Crippen molar-refractivity contribution in [3.8, 4) is 11.5 Å². The van der Waals surface area contributed by atoms with Crippen LogP contribution in [-0.4, -0.2) is 51.3 Å². The molecule has 4 heteroatoms.